The molecule has 0 N–H and O–H groups in total. The van der Waals surface area contributed by atoms with Gasteiger partial charge in [-0.15, -0.1) is 0 Å². The molecule has 7 nitrogen and oxygen atoms in total. The lowest BCUT2D eigenvalue weighted by molar-refractivity contribution is -0.138. The smallest absolute Gasteiger partial charge is 0.227 e. The van der Waals surface area contributed by atoms with Crippen molar-refractivity contribution in [3.63, 3.8) is 0 Å². The number of aromatic nitrogens is 4. The highest BCUT2D eigenvalue weighted by molar-refractivity contribution is 5.80. The Balaban J connectivity index is 1.22. The molecule has 1 aliphatic heterocycles. The van der Waals surface area contributed by atoms with Gasteiger partial charge in [0.05, 0.1) is 6.20 Å². The first-order valence-corrected chi connectivity index (χ1v) is 9.82. The molecule has 0 aromatic carbocycles. The maximum absolute atomic E-state index is 13.0. The third-order valence-corrected chi connectivity index (χ3v) is 6.15. The fourth-order valence-corrected chi connectivity index (χ4v) is 4.83. The van der Waals surface area contributed by atoms with E-state index in [4.69, 9.17) is 4.52 Å². The summed E-state index contributed by atoms with van der Waals surface area (Å²) in [5.41, 5.74) is 0.609. The van der Waals surface area contributed by atoms with Crippen LogP contribution in [0.1, 0.15) is 31.6 Å². The van der Waals surface area contributed by atoms with E-state index >= 15 is 0 Å². The van der Waals surface area contributed by atoms with Crippen LogP contribution in [0, 0.1) is 23.7 Å². The van der Waals surface area contributed by atoms with E-state index in [-0.39, 0.29) is 5.92 Å². The zero-order chi connectivity index (χ0) is 18.2. The van der Waals surface area contributed by atoms with E-state index in [2.05, 4.69) is 37.2 Å². The number of fused-ring (bicyclic) bond motifs is 2. The quantitative estimate of drug-likeness (QED) is 0.774. The zero-order valence-electron chi connectivity index (χ0n) is 15.2. The predicted molar refractivity (Wildman–Crippen MR) is 97.2 cm³/mol. The van der Waals surface area contributed by atoms with Crippen LogP contribution in [0.4, 0.5) is 0 Å². The summed E-state index contributed by atoms with van der Waals surface area (Å²) >= 11 is 0. The number of nitrogens with zero attached hydrogens (tertiary/aromatic N) is 5. The Morgan fingerprint density at radius 2 is 2.22 bits per heavy atom. The van der Waals surface area contributed by atoms with Crippen LogP contribution < -0.4 is 0 Å². The number of hydrogen-bond acceptors (Lipinski definition) is 6. The molecule has 1 amide bonds. The van der Waals surface area contributed by atoms with E-state index < -0.39 is 0 Å². The van der Waals surface area contributed by atoms with E-state index in [1.807, 2.05) is 0 Å². The molecule has 140 valence electrons. The largest absolute Gasteiger partial charge is 0.342 e. The van der Waals surface area contributed by atoms with Crippen LogP contribution in [0.2, 0.25) is 0 Å². The van der Waals surface area contributed by atoms with Crippen molar-refractivity contribution < 1.29 is 9.32 Å². The van der Waals surface area contributed by atoms with Gasteiger partial charge in [0.1, 0.15) is 5.69 Å². The molecule has 5 rings (SSSR count). The number of piperidine rings is 1. The van der Waals surface area contributed by atoms with Crippen LogP contribution in [-0.4, -0.2) is 44.0 Å². The molecular formula is C20H23N5O2. The SMILES string of the molecule is O=C(C1CC2C=CC1C2)N1CCCC(Cc2nc(-c3cnccn3)no2)C1. The first kappa shape index (κ1) is 16.6. The van der Waals surface area contributed by atoms with Gasteiger partial charge in [0.25, 0.3) is 0 Å². The lowest BCUT2D eigenvalue weighted by Crippen LogP contribution is -2.44. The number of hydrogen-bond donors (Lipinski definition) is 0. The average Bonchev–Trinajstić information content (AvgIpc) is 3.45. The lowest BCUT2D eigenvalue weighted by Gasteiger charge is -2.35. The molecule has 7 heteroatoms. The second-order valence-electron chi connectivity index (χ2n) is 7.99. The van der Waals surface area contributed by atoms with Gasteiger partial charge in [-0.3, -0.25) is 9.78 Å². The van der Waals surface area contributed by atoms with E-state index in [9.17, 15) is 4.79 Å². The molecule has 4 unspecified atom stereocenters. The van der Waals surface area contributed by atoms with Crippen molar-refractivity contribution in [1.82, 2.24) is 25.0 Å². The molecule has 2 bridgehead atoms. The number of likely N-dealkylation sites (tertiary alicyclic amines) is 1. The van der Waals surface area contributed by atoms with Gasteiger partial charge in [0.15, 0.2) is 0 Å². The van der Waals surface area contributed by atoms with E-state index in [1.54, 1.807) is 18.6 Å². The van der Waals surface area contributed by atoms with Crippen molar-refractivity contribution in [3.8, 4) is 11.5 Å². The van der Waals surface area contributed by atoms with E-state index in [0.29, 0.717) is 47.5 Å². The lowest BCUT2D eigenvalue weighted by atomic mass is 9.89. The van der Waals surface area contributed by atoms with Gasteiger partial charge in [-0.1, -0.05) is 17.3 Å². The number of allylic oxidation sites excluding steroid dienone is 2. The minimum atomic E-state index is 0.199. The number of rotatable bonds is 4. The zero-order valence-corrected chi connectivity index (χ0v) is 15.2. The molecule has 2 aromatic rings. The Hall–Kier alpha value is -2.57. The molecule has 3 aliphatic rings. The highest BCUT2D eigenvalue weighted by Gasteiger charge is 2.42. The molecular weight excluding hydrogens is 342 g/mol. The van der Waals surface area contributed by atoms with Gasteiger partial charge in [-0.25, -0.2) is 4.98 Å². The molecule has 2 fully saturated rings. The van der Waals surface area contributed by atoms with Crippen molar-refractivity contribution >= 4 is 5.91 Å². The fourth-order valence-electron chi connectivity index (χ4n) is 4.83. The van der Waals surface area contributed by atoms with Crippen molar-refractivity contribution in [1.29, 1.82) is 0 Å². The maximum Gasteiger partial charge on any atom is 0.227 e. The predicted octanol–water partition coefficient (Wildman–Crippen LogP) is 2.52. The Labute approximate surface area is 157 Å². The highest BCUT2D eigenvalue weighted by atomic mass is 16.5. The second kappa shape index (κ2) is 6.87. The summed E-state index contributed by atoms with van der Waals surface area (Å²) in [7, 11) is 0. The summed E-state index contributed by atoms with van der Waals surface area (Å²) in [6, 6.07) is 0. The Morgan fingerprint density at radius 3 is 3.00 bits per heavy atom. The number of amides is 1. The van der Waals surface area contributed by atoms with E-state index in [0.717, 1.165) is 32.4 Å². The van der Waals surface area contributed by atoms with Crippen molar-refractivity contribution in [3.05, 3.63) is 36.6 Å². The minimum absolute atomic E-state index is 0.199. The molecule has 0 spiro atoms. The normalized spacial score (nSPS) is 29.4. The molecule has 27 heavy (non-hydrogen) atoms. The third-order valence-electron chi connectivity index (χ3n) is 6.15. The first-order chi connectivity index (χ1) is 13.3. The van der Waals surface area contributed by atoms with E-state index in [1.165, 1.54) is 6.42 Å². The van der Waals surface area contributed by atoms with Crippen LogP contribution >= 0.6 is 0 Å². The number of carbonyl (C=O) groups is 1. The number of carbonyl (C=O) groups excluding carboxylic acids is 1. The summed E-state index contributed by atoms with van der Waals surface area (Å²) in [4.78, 5) is 27.8. The highest BCUT2D eigenvalue weighted by Crippen LogP contribution is 2.44. The topological polar surface area (TPSA) is 85.0 Å². The summed E-state index contributed by atoms with van der Waals surface area (Å²) in [5, 5.41) is 4.02. The molecule has 3 heterocycles. The Bertz CT molecular complexity index is 849. The second-order valence-corrected chi connectivity index (χ2v) is 7.99. The standard InChI is InChI=1S/C20H23N5O2/c26-20(16-9-13-3-4-15(16)8-13)25-7-1-2-14(12-25)10-18-23-19(24-27-18)17-11-21-5-6-22-17/h3-6,11,13-16H,1-2,7-10,12H2. The van der Waals surface area contributed by atoms with Crippen LogP contribution in [0.15, 0.2) is 35.3 Å². The summed E-state index contributed by atoms with van der Waals surface area (Å²) in [6.45, 7) is 1.67. The molecule has 0 radical (unpaired) electrons. The summed E-state index contributed by atoms with van der Waals surface area (Å²) in [5.74, 6) is 3.09. The van der Waals surface area contributed by atoms with Gasteiger partial charge in [0, 0.05) is 37.8 Å². The van der Waals surface area contributed by atoms with Crippen LogP contribution in [0.25, 0.3) is 11.5 Å². The van der Waals surface area contributed by atoms with Gasteiger partial charge < -0.3 is 9.42 Å². The van der Waals surface area contributed by atoms with Crippen molar-refractivity contribution in [2.24, 2.45) is 23.7 Å². The maximum atomic E-state index is 13.0. The average molecular weight is 365 g/mol. The molecule has 4 atom stereocenters. The minimum Gasteiger partial charge on any atom is -0.342 e. The Morgan fingerprint density at radius 1 is 1.26 bits per heavy atom. The van der Waals surface area contributed by atoms with Gasteiger partial charge in [-0.2, -0.15) is 4.98 Å². The molecule has 1 saturated heterocycles. The molecule has 2 aliphatic carbocycles. The van der Waals surface area contributed by atoms with Crippen LogP contribution in [-0.2, 0) is 11.2 Å². The van der Waals surface area contributed by atoms with Crippen molar-refractivity contribution in [2.45, 2.75) is 32.1 Å². The molecule has 1 saturated carbocycles. The summed E-state index contributed by atoms with van der Waals surface area (Å²) in [6.07, 6.45) is 14.4. The molecule has 2 aromatic heterocycles. The Kier molecular flexibility index (Phi) is 4.22. The van der Waals surface area contributed by atoms with Gasteiger partial charge >= 0.3 is 0 Å². The van der Waals surface area contributed by atoms with Crippen molar-refractivity contribution in [2.75, 3.05) is 13.1 Å². The van der Waals surface area contributed by atoms with Gasteiger partial charge in [-0.05, 0) is 43.4 Å². The third kappa shape index (κ3) is 3.26. The summed E-state index contributed by atoms with van der Waals surface area (Å²) < 4.78 is 5.42. The van der Waals surface area contributed by atoms with Crippen LogP contribution in [0.3, 0.4) is 0 Å². The fraction of sp³-hybridized carbons (Fsp3) is 0.550. The van der Waals surface area contributed by atoms with Gasteiger partial charge in [0.2, 0.25) is 17.6 Å². The first-order valence-electron chi connectivity index (χ1n) is 9.82. The van der Waals surface area contributed by atoms with Crippen LogP contribution in [0.5, 0.6) is 0 Å². The monoisotopic (exact) mass is 365 g/mol.